The van der Waals surface area contributed by atoms with Crippen molar-refractivity contribution in [2.45, 2.75) is 31.9 Å². The van der Waals surface area contributed by atoms with Gasteiger partial charge in [-0.25, -0.2) is 4.98 Å². The Balaban J connectivity index is 0.000000480. The summed E-state index contributed by atoms with van der Waals surface area (Å²) in [5, 5.41) is 27.9. The molecule has 2 aromatic rings. The number of nitrogens with zero attached hydrogens (tertiary/aromatic N) is 6. The number of tetrazole rings is 1. The Bertz CT molecular complexity index is 717. The zero-order valence-electron chi connectivity index (χ0n) is 16.6. The highest BCUT2D eigenvalue weighted by Crippen LogP contribution is 2.23. The molecule has 12 heteroatoms. The first-order valence-corrected chi connectivity index (χ1v) is 9.64. The molecule has 164 valence electrons. The molecular weight excluding hydrogens is 394 g/mol. The normalized spacial score (nSPS) is 18.9. The van der Waals surface area contributed by atoms with Crippen LogP contribution < -0.4 is 4.90 Å². The molecule has 0 amide bonds. The highest BCUT2D eigenvalue weighted by atomic mass is 16.5. The average Bonchev–Trinajstić information content (AvgIpc) is 3.31. The predicted molar refractivity (Wildman–Crippen MR) is 106 cm³/mol. The molecule has 2 aromatic heterocycles. The second-order valence-corrected chi connectivity index (χ2v) is 6.65. The van der Waals surface area contributed by atoms with Gasteiger partial charge in [-0.05, 0) is 37.6 Å². The van der Waals surface area contributed by atoms with E-state index in [2.05, 4.69) is 47.5 Å². The number of H-pyrrole nitrogens is 1. The summed E-state index contributed by atoms with van der Waals surface area (Å²) in [7, 11) is 0. The molecule has 0 bridgehead atoms. The molecule has 0 aliphatic carbocycles. The second kappa shape index (κ2) is 13.2. The van der Waals surface area contributed by atoms with Gasteiger partial charge in [-0.1, -0.05) is 17.7 Å². The number of ether oxygens (including phenoxy) is 1. The van der Waals surface area contributed by atoms with E-state index in [4.69, 9.17) is 24.5 Å². The number of rotatable bonds is 4. The van der Waals surface area contributed by atoms with E-state index in [9.17, 15) is 0 Å². The number of hydrogen-bond acceptors (Lipinski definition) is 9. The fourth-order valence-corrected chi connectivity index (χ4v) is 3.39. The molecule has 0 radical (unpaired) electrons. The van der Waals surface area contributed by atoms with E-state index in [0.29, 0.717) is 19.0 Å². The largest absolute Gasteiger partial charge is 0.483 e. The molecule has 2 saturated heterocycles. The molecule has 2 fully saturated rings. The van der Waals surface area contributed by atoms with E-state index in [1.54, 1.807) is 0 Å². The minimum Gasteiger partial charge on any atom is -0.483 e. The van der Waals surface area contributed by atoms with Crippen molar-refractivity contribution in [3.8, 4) is 0 Å². The van der Waals surface area contributed by atoms with Gasteiger partial charge in [0.15, 0.2) is 0 Å². The number of hydrogen-bond donors (Lipinski definition) is 3. The van der Waals surface area contributed by atoms with E-state index in [1.165, 1.54) is 37.9 Å². The molecule has 1 unspecified atom stereocenters. The van der Waals surface area contributed by atoms with E-state index in [-0.39, 0.29) is 19.0 Å². The fourth-order valence-electron chi connectivity index (χ4n) is 3.39. The van der Waals surface area contributed by atoms with Crippen LogP contribution in [0.2, 0.25) is 0 Å². The first-order valence-electron chi connectivity index (χ1n) is 9.64. The minimum absolute atomic E-state index is 0.160. The number of piperidine rings is 1. The van der Waals surface area contributed by atoms with Crippen LogP contribution in [0.1, 0.15) is 36.8 Å². The van der Waals surface area contributed by atoms with Crippen molar-refractivity contribution in [2.75, 3.05) is 37.7 Å². The van der Waals surface area contributed by atoms with Gasteiger partial charge in [0.1, 0.15) is 11.9 Å². The van der Waals surface area contributed by atoms with Crippen LogP contribution in [0.5, 0.6) is 0 Å². The van der Waals surface area contributed by atoms with E-state index >= 15 is 0 Å². The van der Waals surface area contributed by atoms with Crippen LogP contribution in [-0.2, 0) is 20.9 Å². The summed E-state index contributed by atoms with van der Waals surface area (Å²) in [4.78, 5) is 26.1. The number of morpholine rings is 1. The molecule has 30 heavy (non-hydrogen) atoms. The smallest absolute Gasteiger partial charge is 0.290 e. The molecule has 4 heterocycles. The number of aromatic nitrogens is 5. The lowest BCUT2D eigenvalue weighted by atomic mass is 10.1. The summed E-state index contributed by atoms with van der Waals surface area (Å²) in [5.74, 6) is 1.58. The molecule has 0 spiro atoms. The summed E-state index contributed by atoms with van der Waals surface area (Å²) < 4.78 is 5.74. The van der Waals surface area contributed by atoms with Crippen molar-refractivity contribution in [1.82, 2.24) is 30.5 Å². The number of anilines is 1. The third-order valence-electron chi connectivity index (χ3n) is 4.70. The van der Waals surface area contributed by atoms with Gasteiger partial charge in [0, 0.05) is 19.3 Å². The number of pyridine rings is 1. The van der Waals surface area contributed by atoms with Gasteiger partial charge in [-0.2, -0.15) is 5.21 Å². The first-order chi connectivity index (χ1) is 14.7. The Labute approximate surface area is 173 Å². The monoisotopic (exact) mass is 421 g/mol. The Kier molecular flexibility index (Phi) is 10.2. The molecule has 2 aliphatic heterocycles. The van der Waals surface area contributed by atoms with Crippen LogP contribution >= 0.6 is 0 Å². The zero-order chi connectivity index (χ0) is 21.6. The van der Waals surface area contributed by atoms with Crippen molar-refractivity contribution in [2.24, 2.45) is 0 Å². The molecule has 0 aromatic carbocycles. The van der Waals surface area contributed by atoms with Crippen LogP contribution in [0.25, 0.3) is 0 Å². The third-order valence-corrected chi connectivity index (χ3v) is 4.70. The highest BCUT2D eigenvalue weighted by molar-refractivity contribution is 5.40. The lowest BCUT2D eigenvalue weighted by Gasteiger charge is -2.32. The quantitative estimate of drug-likeness (QED) is 0.592. The molecule has 0 saturated carbocycles. The minimum atomic E-state index is -0.250. The summed E-state index contributed by atoms with van der Waals surface area (Å²) in [6.07, 6.45) is 5.84. The summed E-state index contributed by atoms with van der Waals surface area (Å²) in [5.41, 5.74) is 1.28. The Morgan fingerprint density at radius 1 is 1.13 bits per heavy atom. The predicted octanol–water partition coefficient (Wildman–Crippen LogP) is 0.560. The van der Waals surface area contributed by atoms with Crippen molar-refractivity contribution in [1.29, 1.82) is 0 Å². The standard InChI is InChI=1S/C16H23N7O.2CH2O2/c1-2-6-22(7-3-1)11-13-4-5-15(17-10-13)23-8-9-24-14(12-23)16-18-20-21-19-16;2*2-1-3/h4-5,10,14H,1-3,6-9,11-12H2,(H,18,19,20,21);2*1H,(H,2,3). The van der Waals surface area contributed by atoms with Gasteiger partial charge in [0.05, 0.1) is 13.2 Å². The molecule has 12 nitrogen and oxygen atoms in total. The van der Waals surface area contributed by atoms with Crippen LogP contribution in [0.3, 0.4) is 0 Å². The van der Waals surface area contributed by atoms with Gasteiger partial charge in [0.2, 0.25) is 5.82 Å². The first kappa shape index (κ1) is 23.2. The average molecular weight is 421 g/mol. The Hall–Kier alpha value is -3.12. The topological polar surface area (TPSA) is 158 Å². The van der Waals surface area contributed by atoms with Gasteiger partial charge >= 0.3 is 0 Å². The van der Waals surface area contributed by atoms with Gasteiger partial charge in [-0.15, -0.1) is 10.2 Å². The third kappa shape index (κ3) is 7.37. The molecule has 1 atom stereocenters. The zero-order valence-corrected chi connectivity index (χ0v) is 16.6. The van der Waals surface area contributed by atoms with Crippen LogP contribution in [0.4, 0.5) is 5.82 Å². The molecule has 4 rings (SSSR count). The summed E-state index contributed by atoms with van der Waals surface area (Å²) in [6.45, 7) is 5.07. The molecule has 2 aliphatic rings. The van der Waals surface area contributed by atoms with E-state index in [1.807, 2.05) is 6.20 Å². The van der Waals surface area contributed by atoms with Gasteiger partial charge in [0.25, 0.3) is 12.9 Å². The van der Waals surface area contributed by atoms with Gasteiger partial charge < -0.3 is 19.8 Å². The van der Waals surface area contributed by atoms with Crippen LogP contribution in [0, 0.1) is 0 Å². The lowest BCUT2D eigenvalue weighted by molar-refractivity contribution is -0.123. The fraction of sp³-hybridized carbons (Fsp3) is 0.556. The van der Waals surface area contributed by atoms with Gasteiger partial charge in [-0.3, -0.25) is 14.5 Å². The van der Waals surface area contributed by atoms with Crippen LogP contribution in [-0.4, -0.2) is 86.5 Å². The van der Waals surface area contributed by atoms with Crippen molar-refractivity contribution >= 4 is 18.8 Å². The maximum atomic E-state index is 8.36. The van der Waals surface area contributed by atoms with Crippen molar-refractivity contribution < 1.29 is 24.5 Å². The number of carbonyl (C=O) groups is 2. The van der Waals surface area contributed by atoms with Crippen molar-refractivity contribution in [3.63, 3.8) is 0 Å². The summed E-state index contributed by atoms with van der Waals surface area (Å²) >= 11 is 0. The second-order valence-electron chi connectivity index (χ2n) is 6.65. The van der Waals surface area contributed by atoms with Crippen molar-refractivity contribution in [3.05, 3.63) is 29.7 Å². The number of nitrogens with one attached hydrogen (secondary N) is 1. The lowest BCUT2D eigenvalue weighted by Crippen LogP contribution is -2.39. The van der Waals surface area contributed by atoms with Crippen LogP contribution in [0.15, 0.2) is 18.3 Å². The maximum absolute atomic E-state index is 8.36. The molecule has 3 N–H and O–H groups in total. The Morgan fingerprint density at radius 3 is 2.47 bits per heavy atom. The Morgan fingerprint density at radius 2 is 1.87 bits per heavy atom. The SMILES string of the molecule is O=CO.O=CO.c1cc(N2CCOC(c3nn[nH]n3)C2)ncc1CN1CCCCC1. The van der Waals surface area contributed by atoms with E-state index < -0.39 is 0 Å². The molecular formula is C18H27N7O5. The maximum Gasteiger partial charge on any atom is 0.290 e. The van der Waals surface area contributed by atoms with E-state index in [0.717, 1.165) is 18.9 Å². The number of likely N-dealkylation sites (tertiary alicyclic amines) is 1. The number of carboxylic acid groups (broad SMARTS) is 2. The number of aromatic amines is 1. The highest BCUT2D eigenvalue weighted by Gasteiger charge is 2.26. The summed E-state index contributed by atoms with van der Waals surface area (Å²) in [6, 6.07) is 4.30.